The van der Waals surface area contributed by atoms with Crippen LogP contribution in [-0.2, 0) is 17.1 Å². The number of rotatable bonds is 0. The smallest absolute Gasteiger partial charge is 0.418 e. The van der Waals surface area contributed by atoms with Gasteiger partial charge in [0, 0.05) is 27.7 Å². The molecule has 0 aromatic rings. The van der Waals surface area contributed by atoms with E-state index in [4.69, 9.17) is 21.0 Å². The van der Waals surface area contributed by atoms with Crippen molar-refractivity contribution in [2.75, 3.05) is 0 Å². The second-order valence-corrected chi connectivity index (χ2v) is 1.39. The van der Waals surface area contributed by atoms with E-state index in [1.807, 2.05) is 0 Å². The molecule has 0 spiro atoms. The summed E-state index contributed by atoms with van der Waals surface area (Å²) >= 11 is 0. The third-order valence-electron chi connectivity index (χ3n) is 0. The van der Waals surface area contributed by atoms with Crippen molar-refractivity contribution >= 4 is 7.25 Å². The Balaban J connectivity index is -0.0000000252. The summed E-state index contributed by atoms with van der Waals surface area (Å²) in [5, 5.41) is 29.3. The van der Waals surface area contributed by atoms with E-state index in [1.165, 1.54) is 27.7 Å². The van der Waals surface area contributed by atoms with Gasteiger partial charge < -0.3 is 17.3 Å². The predicted octanol–water partition coefficient (Wildman–Crippen LogP) is 3.42. The van der Waals surface area contributed by atoms with E-state index >= 15 is 0 Å². The molecule has 18 heavy (non-hydrogen) atoms. The van der Waals surface area contributed by atoms with Gasteiger partial charge in [-0.15, -0.1) is 0 Å². The zero-order chi connectivity index (χ0) is 15.3. The summed E-state index contributed by atoms with van der Waals surface area (Å²) in [7, 11) is -6.00. The summed E-state index contributed by atoms with van der Waals surface area (Å²) in [5.74, 6) is 0. The van der Waals surface area contributed by atoms with E-state index in [-0.39, 0.29) is 17.1 Å². The van der Waals surface area contributed by atoms with Gasteiger partial charge in [0.05, 0.1) is 24.3 Å². The molecule has 0 heterocycles. The molecule has 0 N–H and O–H groups in total. The zero-order valence-electron chi connectivity index (χ0n) is 10.2. The van der Waals surface area contributed by atoms with Crippen LogP contribution < -0.4 is 0 Å². The van der Waals surface area contributed by atoms with Gasteiger partial charge in [0.2, 0.25) is 0 Å². The largest absolute Gasteiger partial charge is 1.00 e. The van der Waals surface area contributed by atoms with Gasteiger partial charge in [0.25, 0.3) is 0 Å². The molecule has 0 fully saturated rings. The normalized spacial score (nSPS) is 5.11. The van der Waals surface area contributed by atoms with Gasteiger partial charge in [-0.3, -0.25) is 0 Å². The molecule has 4 nitrogen and oxygen atoms in total. The molecule has 0 rings (SSSR count). The number of hydrogen-bond donors (Lipinski definition) is 0. The van der Waals surface area contributed by atoms with E-state index in [2.05, 4.69) is 0 Å². The summed E-state index contributed by atoms with van der Waals surface area (Å²) in [6.45, 7) is 5.72. The van der Waals surface area contributed by atoms with Crippen molar-refractivity contribution in [3.63, 3.8) is 0 Å². The first-order valence-electron chi connectivity index (χ1n) is 3.77. The Kier molecular flexibility index (Phi) is 90.9. The topological polar surface area (TPSA) is 95.2 Å². The molecular weight excluding hydrogens is 302 g/mol. The van der Waals surface area contributed by atoms with Crippen molar-refractivity contribution in [2.45, 2.75) is 27.7 Å². The van der Waals surface area contributed by atoms with Crippen molar-refractivity contribution in [3.8, 4) is 24.3 Å². The first-order valence-corrected chi connectivity index (χ1v) is 3.77. The van der Waals surface area contributed by atoms with Crippen molar-refractivity contribution in [1.82, 2.24) is 0 Å². The van der Waals surface area contributed by atoms with Crippen LogP contribution in [0.2, 0.25) is 0 Å². The van der Waals surface area contributed by atoms with E-state index in [9.17, 15) is 17.3 Å². The van der Waals surface area contributed by atoms with Crippen molar-refractivity contribution in [2.24, 2.45) is 0 Å². The van der Waals surface area contributed by atoms with Crippen molar-refractivity contribution in [1.29, 1.82) is 21.0 Å². The maximum Gasteiger partial charge on any atom is 1.00 e. The molecule has 0 aromatic heterocycles. The summed E-state index contributed by atoms with van der Waals surface area (Å²) in [6, 6.07) is 7.00. The average molecular weight is 315 g/mol. The van der Waals surface area contributed by atoms with E-state index < -0.39 is 7.25 Å². The fourth-order valence-electron chi connectivity index (χ4n) is 0. The monoisotopic (exact) mass is 314 g/mol. The Morgan fingerprint density at radius 1 is 0.611 bits per heavy atom. The molecule has 0 aliphatic rings. The van der Waals surface area contributed by atoms with Crippen LogP contribution in [0.4, 0.5) is 17.3 Å². The van der Waals surface area contributed by atoms with Crippen LogP contribution in [0.5, 0.6) is 0 Å². The fourth-order valence-corrected chi connectivity index (χ4v) is 0. The maximum atomic E-state index is 9.75. The third kappa shape index (κ3) is 833. The number of nitrogens with zero attached hydrogens (tertiary/aromatic N) is 4. The summed E-state index contributed by atoms with van der Waals surface area (Å²) in [6.07, 6.45) is 0. The average Bonchev–Trinajstić information content (AvgIpc) is 2.04. The second-order valence-electron chi connectivity index (χ2n) is 1.39. The first-order chi connectivity index (χ1) is 7.66. The SMILES string of the molecule is CC#N.CC#N.CC#N.CC#N.F[B-](F)(F)F.[Cu+]. The molecule has 0 saturated carbocycles. The van der Waals surface area contributed by atoms with Crippen LogP contribution in [0, 0.1) is 45.3 Å². The summed E-state index contributed by atoms with van der Waals surface area (Å²) in [5.41, 5.74) is 0. The minimum Gasteiger partial charge on any atom is -0.418 e. The van der Waals surface area contributed by atoms with Gasteiger partial charge in [-0.25, -0.2) is 0 Å². The Morgan fingerprint density at radius 3 is 0.611 bits per heavy atom. The van der Waals surface area contributed by atoms with Crippen LogP contribution >= 0.6 is 0 Å². The number of nitriles is 4. The molecule has 0 saturated heterocycles. The third-order valence-corrected chi connectivity index (χ3v) is 0. The van der Waals surface area contributed by atoms with Gasteiger partial charge in [-0.2, -0.15) is 21.0 Å². The van der Waals surface area contributed by atoms with E-state index in [0.29, 0.717) is 0 Å². The zero-order valence-corrected chi connectivity index (χ0v) is 11.1. The Hall–Kier alpha value is -1.74. The fraction of sp³-hybridized carbons (Fsp3) is 0.500. The maximum absolute atomic E-state index is 9.75. The molecule has 0 unspecified atom stereocenters. The van der Waals surface area contributed by atoms with Crippen LogP contribution in [0.15, 0.2) is 0 Å². The standard InChI is InChI=1S/4C2H3N.BF4.Cu/c4*1-2-3;2-1(3,4)5;/h4*1H3;;/q;;;;-1;+1. The molecule has 106 valence electrons. The van der Waals surface area contributed by atoms with Gasteiger partial charge in [0.1, 0.15) is 0 Å². The molecule has 0 aliphatic heterocycles. The molecule has 0 radical (unpaired) electrons. The molecule has 0 bridgehead atoms. The van der Waals surface area contributed by atoms with Crippen LogP contribution in [-0.4, -0.2) is 7.25 Å². The van der Waals surface area contributed by atoms with Crippen LogP contribution in [0.1, 0.15) is 27.7 Å². The van der Waals surface area contributed by atoms with Gasteiger partial charge in [-0.05, 0) is 0 Å². The molecule has 0 amide bonds. The van der Waals surface area contributed by atoms with Crippen LogP contribution in [0.3, 0.4) is 0 Å². The Labute approximate surface area is 115 Å². The van der Waals surface area contributed by atoms with Gasteiger partial charge in [0.15, 0.2) is 0 Å². The van der Waals surface area contributed by atoms with Crippen LogP contribution in [0.25, 0.3) is 0 Å². The van der Waals surface area contributed by atoms with E-state index in [1.54, 1.807) is 24.3 Å². The summed E-state index contributed by atoms with van der Waals surface area (Å²) < 4.78 is 39.0. The Morgan fingerprint density at radius 2 is 0.611 bits per heavy atom. The minimum atomic E-state index is -6.00. The molecule has 10 heteroatoms. The van der Waals surface area contributed by atoms with Gasteiger partial charge >= 0.3 is 24.3 Å². The minimum absolute atomic E-state index is 0. The second kappa shape index (κ2) is 45.5. The predicted molar refractivity (Wildman–Crippen MR) is 55.3 cm³/mol. The molecular formula is C8H12BCuF4N4. The first kappa shape index (κ1) is 36.0. The van der Waals surface area contributed by atoms with Gasteiger partial charge in [-0.1, -0.05) is 0 Å². The molecule has 0 aliphatic carbocycles. The number of hydrogen-bond acceptors (Lipinski definition) is 4. The van der Waals surface area contributed by atoms with Crippen molar-refractivity contribution in [3.05, 3.63) is 0 Å². The molecule has 0 atom stereocenters. The summed E-state index contributed by atoms with van der Waals surface area (Å²) in [4.78, 5) is 0. The van der Waals surface area contributed by atoms with E-state index in [0.717, 1.165) is 0 Å². The quantitative estimate of drug-likeness (QED) is 0.505. The van der Waals surface area contributed by atoms with Crippen molar-refractivity contribution < 1.29 is 34.3 Å². The Bertz CT molecular complexity index is 228. The molecule has 0 aromatic carbocycles. The number of halogens is 4.